The zero-order valence-electron chi connectivity index (χ0n) is 13.6. The number of likely N-dealkylation sites (N-methyl/N-ethyl adjacent to an activating group) is 1. The van der Waals surface area contributed by atoms with Gasteiger partial charge in [0.15, 0.2) is 5.82 Å². The number of benzene rings is 1. The van der Waals surface area contributed by atoms with Crippen LogP contribution in [0.1, 0.15) is 6.92 Å². The molecule has 0 fully saturated rings. The number of nitrogens with zero attached hydrogens (tertiary/aromatic N) is 2. The number of carbonyl (C=O) groups is 2. The van der Waals surface area contributed by atoms with Gasteiger partial charge < -0.3 is 19.9 Å². The normalized spacial score (nSPS) is 10.5. The molecule has 1 aromatic carbocycles. The highest BCUT2D eigenvalue weighted by Crippen LogP contribution is 2.14. The van der Waals surface area contributed by atoms with Crippen LogP contribution in [-0.2, 0) is 9.59 Å². The van der Waals surface area contributed by atoms with E-state index < -0.39 is 0 Å². The van der Waals surface area contributed by atoms with Gasteiger partial charge in [-0.15, -0.1) is 0 Å². The van der Waals surface area contributed by atoms with Crippen LogP contribution in [0.4, 0.5) is 11.5 Å². The van der Waals surface area contributed by atoms with Crippen molar-refractivity contribution in [3.05, 3.63) is 36.6 Å². The van der Waals surface area contributed by atoms with Crippen LogP contribution in [0, 0.1) is 0 Å². The second-order valence-corrected chi connectivity index (χ2v) is 5.01. The predicted molar refractivity (Wildman–Crippen MR) is 88.9 cm³/mol. The smallest absolute Gasteiger partial charge is 0.239 e. The lowest BCUT2D eigenvalue weighted by Crippen LogP contribution is -2.38. The van der Waals surface area contributed by atoms with Gasteiger partial charge in [-0.1, -0.05) is 12.1 Å². The van der Waals surface area contributed by atoms with E-state index in [0.717, 1.165) is 0 Å². The molecule has 0 aliphatic rings. The second-order valence-electron chi connectivity index (χ2n) is 5.01. The Morgan fingerprint density at radius 2 is 1.79 bits per heavy atom. The number of hydrogen-bond donors (Lipinski definition) is 2. The van der Waals surface area contributed by atoms with Crippen LogP contribution in [-0.4, -0.2) is 48.6 Å². The van der Waals surface area contributed by atoms with Gasteiger partial charge in [0.05, 0.1) is 20.2 Å². The summed E-state index contributed by atoms with van der Waals surface area (Å²) >= 11 is 0. The lowest BCUT2D eigenvalue weighted by Gasteiger charge is -2.19. The highest BCUT2D eigenvalue weighted by molar-refractivity contribution is 5.94. The van der Waals surface area contributed by atoms with Crippen molar-refractivity contribution in [3.63, 3.8) is 0 Å². The van der Waals surface area contributed by atoms with Crippen LogP contribution in [0.25, 0.3) is 0 Å². The Morgan fingerprint density at radius 1 is 1.12 bits per heavy atom. The number of ether oxygens (including phenoxy) is 1. The second kappa shape index (κ2) is 8.68. The number of rotatable bonds is 8. The third kappa shape index (κ3) is 5.40. The third-order valence-electron chi connectivity index (χ3n) is 3.26. The van der Waals surface area contributed by atoms with Crippen molar-refractivity contribution in [3.8, 4) is 5.75 Å². The maximum Gasteiger partial charge on any atom is 0.239 e. The molecule has 2 rings (SSSR count). The fourth-order valence-corrected chi connectivity index (χ4v) is 2.02. The van der Waals surface area contributed by atoms with Crippen molar-refractivity contribution < 1.29 is 18.8 Å². The maximum atomic E-state index is 12.1. The first-order chi connectivity index (χ1) is 11.6. The Morgan fingerprint density at radius 3 is 2.33 bits per heavy atom. The average Bonchev–Trinajstić information content (AvgIpc) is 3.07. The lowest BCUT2D eigenvalue weighted by atomic mass is 10.3. The van der Waals surface area contributed by atoms with Crippen molar-refractivity contribution in [2.45, 2.75) is 6.92 Å². The summed E-state index contributed by atoms with van der Waals surface area (Å²) in [5.41, 5.74) is 0.670. The first-order valence-electron chi connectivity index (χ1n) is 7.47. The molecule has 0 saturated carbocycles. The summed E-state index contributed by atoms with van der Waals surface area (Å²) in [6.07, 6.45) is 1.37. The standard InChI is InChI=1S/C16H20N4O4/c1-3-20(11-16(22)18-14-8-9-24-19-14)10-15(21)17-12-4-6-13(23-2)7-5-12/h4-9H,3,10-11H2,1-2H3,(H,17,21)(H,18,19,22). The van der Waals surface area contributed by atoms with Gasteiger partial charge in [-0.25, -0.2) is 0 Å². The molecule has 0 aliphatic heterocycles. The minimum atomic E-state index is -0.261. The molecule has 1 heterocycles. The summed E-state index contributed by atoms with van der Waals surface area (Å²) in [6.45, 7) is 2.63. The SMILES string of the molecule is CCN(CC(=O)Nc1ccc(OC)cc1)CC(=O)Nc1ccon1. The number of carbonyl (C=O) groups excluding carboxylic acids is 2. The summed E-state index contributed by atoms with van der Waals surface area (Å²) in [4.78, 5) is 25.7. The average molecular weight is 332 g/mol. The first kappa shape index (κ1) is 17.5. The van der Waals surface area contributed by atoms with E-state index in [1.807, 2.05) is 6.92 Å². The van der Waals surface area contributed by atoms with Crippen molar-refractivity contribution >= 4 is 23.3 Å². The Hall–Kier alpha value is -2.87. The zero-order valence-corrected chi connectivity index (χ0v) is 13.6. The Kier molecular flexibility index (Phi) is 6.32. The van der Waals surface area contributed by atoms with E-state index in [2.05, 4.69) is 20.3 Å². The van der Waals surface area contributed by atoms with Crippen LogP contribution in [0.15, 0.2) is 41.1 Å². The van der Waals surface area contributed by atoms with Gasteiger partial charge in [0.2, 0.25) is 11.8 Å². The Bertz CT molecular complexity index is 655. The lowest BCUT2D eigenvalue weighted by molar-refractivity contribution is -0.119. The summed E-state index contributed by atoms with van der Waals surface area (Å²) in [6, 6.07) is 8.58. The Labute approximate surface area is 139 Å². The minimum Gasteiger partial charge on any atom is -0.497 e. The van der Waals surface area contributed by atoms with Gasteiger partial charge in [0.1, 0.15) is 12.0 Å². The summed E-state index contributed by atoms with van der Waals surface area (Å²) in [7, 11) is 1.58. The van der Waals surface area contributed by atoms with Gasteiger partial charge in [-0.3, -0.25) is 14.5 Å². The van der Waals surface area contributed by atoms with Crippen LogP contribution >= 0.6 is 0 Å². The number of methoxy groups -OCH3 is 1. The molecule has 0 unspecified atom stereocenters. The van der Waals surface area contributed by atoms with Crippen LogP contribution in [0.2, 0.25) is 0 Å². The van der Waals surface area contributed by atoms with Crippen molar-refractivity contribution in [1.29, 1.82) is 0 Å². The molecule has 2 amide bonds. The highest BCUT2D eigenvalue weighted by atomic mass is 16.5. The first-order valence-corrected chi connectivity index (χ1v) is 7.47. The summed E-state index contributed by atoms with van der Waals surface area (Å²) < 4.78 is 9.71. The number of amides is 2. The van der Waals surface area contributed by atoms with Gasteiger partial charge in [-0.2, -0.15) is 0 Å². The fraction of sp³-hybridized carbons (Fsp3) is 0.312. The molecule has 8 nitrogen and oxygen atoms in total. The highest BCUT2D eigenvalue weighted by Gasteiger charge is 2.14. The molecule has 24 heavy (non-hydrogen) atoms. The number of aromatic nitrogens is 1. The monoisotopic (exact) mass is 332 g/mol. The molecule has 128 valence electrons. The molecule has 2 N–H and O–H groups in total. The van der Waals surface area contributed by atoms with Gasteiger partial charge >= 0.3 is 0 Å². The maximum absolute atomic E-state index is 12.1. The zero-order chi connectivity index (χ0) is 17.4. The number of anilines is 2. The molecule has 0 radical (unpaired) electrons. The van der Waals surface area contributed by atoms with E-state index in [9.17, 15) is 9.59 Å². The van der Waals surface area contributed by atoms with E-state index in [0.29, 0.717) is 23.8 Å². The van der Waals surface area contributed by atoms with Crippen LogP contribution in [0.3, 0.4) is 0 Å². The molecular formula is C16H20N4O4. The van der Waals surface area contributed by atoms with E-state index >= 15 is 0 Å². The minimum absolute atomic E-state index is 0.0827. The summed E-state index contributed by atoms with van der Waals surface area (Å²) in [5, 5.41) is 8.98. The molecule has 1 aromatic heterocycles. The molecule has 0 aliphatic carbocycles. The topological polar surface area (TPSA) is 96.7 Å². The quantitative estimate of drug-likeness (QED) is 0.762. The van der Waals surface area contributed by atoms with E-state index in [4.69, 9.17) is 4.74 Å². The van der Waals surface area contributed by atoms with Gasteiger partial charge in [-0.05, 0) is 30.8 Å². The molecule has 2 aromatic rings. The van der Waals surface area contributed by atoms with Crippen molar-refractivity contribution in [2.24, 2.45) is 0 Å². The Balaban J connectivity index is 1.82. The summed E-state index contributed by atoms with van der Waals surface area (Å²) in [5.74, 6) is 0.602. The number of nitrogens with one attached hydrogen (secondary N) is 2. The molecule has 0 atom stereocenters. The van der Waals surface area contributed by atoms with E-state index in [1.165, 1.54) is 6.26 Å². The van der Waals surface area contributed by atoms with Crippen molar-refractivity contribution in [2.75, 3.05) is 37.4 Å². The molecule has 0 saturated heterocycles. The van der Waals surface area contributed by atoms with Gasteiger partial charge in [0.25, 0.3) is 0 Å². The fourth-order valence-electron chi connectivity index (χ4n) is 2.02. The molecule has 8 heteroatoms. The molecular weight excluding hydrogens is 312 g/mol. The molecule has 0 bridgehead atoms. The van der Waals surface area contributed by atoms with E-state index in [1.54, 1.807) is 42.3 Å². The predicted octanol–water partition coefficient (Wildman–Crippen LogP) is 1.58. The third-order valence-corrected chi connectivity index (χ3v) is 3.26. The van der Waals surface area contributed by atoms with Crippen molar-refractivity contribution in [1.82, 2.24) is 10.1 Å². The largest absolute Gasteiger partial charge is 0.497 e. The molecule has 0 spiro atoms. The van der Waals surface area contributed by atoms with Gasteiger partial charge in [0, 0.05) is 11.8 Å². The number of hydrogen-bond acceptors (Lipinski definition) is 6. The van der Waals surface area contributed by atoms with Crippen LogP contribution < -0.4 is 15.4 Å². The van der Waals surface area contributed by atoms with E-state index in [-0.39, 0.29) is 24.9 Å². The van der Waals surface area contributed by atoms with Crippen LogP contribution in [0.5, 0.6) is 5.75 Å².